The van der Waals surface area contributed by atoms with E-state index in [0.717, 1.165) is 0 Å². The highest BCUT2D eigenvalue weighted by Crippen LogP contribution is 2.34. The van der Waals surface area contributed by atoms with E-state index in [4.69, 9.17) is 4.74 Å². The molecule has 0 heterocycles. The van der Waals surface area contributed by atoms with Crippen LogP contribution >= 0.6 is 0 Å². The van der Waals surface area contributed by atoms with Gasteiger partial charge in [0.25, 0.3) is 0 Å². The first kappa shape index (κ1) is 17.2. The van der Waals surface area contributed by atoms with Gasteiger partial charge in [0.15, 0.2) is 5.75 Å². The number of ether oxygens (including phenoxy) is 1. The van der Waals surface area contributed by atoms with Crippen LogP contribution in [0.2, 0.25) is 0 Å². The van der Waals surface area contributed by atoms with Gasteiger partial charge < -0.3 is 20.1 Å². The summed E-state index contributed by atoms with van der Waals surface area (Å²) in [5.74, 6) is 0.222. The SMILES string of the molecule is CCOc1cccc(NCC(C)(O)CN(C)C)c1[N+](=O)[O-]. The maximum Gasteiger partial charge on any atom is 0.333 e. The summed E-state index contributed by atoms with van der Waals surface area (Å²) in [5.41, 5.74) is -0.774. The number of rotatable bonds is 8. The predicted molar refractivity (Wildman–Crippen MR) is 81.9 cm³/mol. The normalized spacial score (nSPS) is 13.8. The lowest BCUT2D eigenvalue weighted by Gasteiger charge is -2.27. The number of hydrogen-bond donors (Lipinski definition) is 2. The largest absolute Gasteiger partial charge is 0.487 e. The van der Waals surface area contributed by atoms with E-state index in [9.17, 15) is 15.2 Å². The Morgan fingerprint density at radius 3 is 2.67 bits per heavy atom. The van der Waals surface area contributed by atoms with E-state index in [-0.39, 0.29) is 18.0 Å². The van der Waals surface area contributed by atoms with E-state index in [0.29, 0.717) is 18.8 Å². The summed E-state index contributed by atoms with van der Waals surface area (Å²) in [4.78, 5) is 12.6. The van der Waals surface area contributed by atoms with Gasteiger partial charge in [-0.15, -0.1) is 0 Å². The second-order valence-electron chi connectivity index (χ2n) is 5.43. The van der Waals surface area contributed by atoms with Crippen LogP contribution < -0.4 is 10.1 Å². The molecule has 0 amide bonds. The van der Waals surface area contributed by atoms with Crippen LogP contribution in [-0.4, -0.2) is 54.3 Å². The van der Waals surface area contributed by atoms with E-state index in [2.05, 4.69) is 5.32 Å². The molecule has 0 fully saturated rings. The van der Waals surface area contributed by atoms with Crippen LogP contribution in [0.1, 0.15) is 13.8 Å². The average molecular weight is 297 g/mol. The zero-order valence-corrected chi connectivity index (χ0v) is 12.9. The molecule has 2 N–H and O–H groups in total. The number of nitrogens with zero attached hydrogens (tertiary/aromatic N) is 2. The van der Waals surface area contributed by atoms with E-state index in [1.807, 2.05) is 19.0 Å². The zero-order chi connectivity index (χ0) is 16.0. The van der Waals surface area contributed by atoms with Gasteiger partial charge in [-0.2, -0.15) is 0 Å². The fourth-order valence-electron chi connectivity index (χ4n) is 2.15. The molecule has 7 heteroatoms. The van der Waals surface area contributed by atoms with Crippen LogP contribution in [0.5, 0.6) is 5.75 Å². The molecule has 0 bridgehead atoms. The lowest BCUT2D eigenvalue weighted by Crippen LogP contribution is -2.43. The van der Waals surface area contributed by atoms with E-state index in [1.54, 1.807) is 32.0 Å². The fraction of sp³-hybridized carbons (Fsp3) is 0.571. The van der Waals surface area contributed by atoms with Crippen molar-refractivity contribution >= 4 is 11.4 Å². The molecule has 0 aliphatic rings. The van der Waals surface area contributed by atoms with Crippen molar-refractivity contribution in [3.05, 3.63) is 28.3 Å². The maximum absolute atomic E-state index is 11.2. The lowest BCUT2D eigenvalue weighted by molar-refractivity contribution is -0.384. The third-order valence-corrected chi connectivity index (χ3v) is 2.80. The molecule has 7 nitrogen and oxygen atoms in total. The molecule has 1 aromatic rings. The Morgan fingerprint density at radius 1 is 1.48 bits per heavy atom. The molecule has 0 saturated carbocycles. The molecular weight excluding hydrogens is 274 g/mol. The van der Waals surface area contributed by atoms with E-state index in [1.165, 1.54) is 0 Å². The highest BCUT2D eigenvalue weighted by Gasteiger charge is 2.25. The van der Waals surface area contributed by atoms with Crippen molar-refractivity contribution in [2.45, 2.75) is 19.4 Å². The first-order valence-electron chi connectivity index (χ1n) is 6.78. The summed E-state index contributed by atoms with van der Waals surface area (Å²) in [6, 6.07) is 4.85. The molecule has 0 aliphatic heterocycles. The Balaban J connectivity index is 2.93. The molecular formula is C14H23N3O4. The van der Waals surface area contributed by atoms with Crippen LogP contribution in [0.4, 0.5) is 11.4 Å². The Hall–Kier alpha value is -1.86. The van der Waals surface area contributed by atoms with Crippen molar-refractivity contribution in [3.63, 3.8) is 0 Å². The maximum atomic E-state index is 11.2. The van der Waals surface area contributed by atoms with Crippen molar-refractivity contribution in [1.29, 1.82) is 0 Å². The van der Waals surface area contributed by atoms with Crippen LogP contribution in [0.15, 0.2) is 18.2 Å². The molecule has 0 aliphatic carbocycles. The third kappa shape index (κ3) is 5.20. The molecule has 118 valence electrons. The first-order valence-corrected chi connectivity index (χ1v) is 6.78. The molecule has 1 aromatic carbocycles. The van der Waals surface area contributed by atoms with E-state index < -0.39 is 10.5 Å². The molecule has 1 rings (SSSR count). The van der Waals surface area contributed by atoms with Crippen molar-refractivity contribution in [1.82, 2.24) is 4.90 Å². The van der Waals surface area contributed by atoms with Crippen LogP contribution in [0, 0.1) is 10.1 Å². The number of nitro benzene ring substituents is 1. The van der Waals surface area contributed by atoms with Gasteiger partial charge in [0.05, 0.1) is 17.1 Å². The Bertz CT molecular complexity index is 489. The Morgan fingerprint density at radius 2 is 2.14 bits per heavy atom. The Kier molecular flexibility index (Phi) is 5.92. The predicted octanol–water partition coefficient (Wildman–Crippen LogP) is 1.72. The molecule has 0 saturated heterocycles. The second-order valence-corrected chi connectivity index (χ2v) is 5.43. The van der Waals surface area contributed by atoms with Gasteiger partial charge in [0.2, 0.25) is 0 Å². The average Bonchev–Trinajstić information content (AvgIpc) is 2.35. The number of aliphatic hydroxyl groups is 1. The molecule has 0 spiro atoms. The summed E-state index contributed by atoms with van der Waals surface area (Å²) in [6.45, 7) is 4.44. The smallest absolute Gasteiger partial charge is 0.333 e. The number of nitrogens with one attached hydrogen (secondary N) is 1. The van der Waals surface area contributed by atoms with E-state index >= 15 is 0 Å². The summed E-state index contributed by atoms with van der Waals surface area (Å²) in [5, 5.41) is 24.4. The van der Waals surface area contributed by atoms with Gasteiger partial charge in [-0.25, -0.2) is 0 Å². The molecule has 0 radical (unpaired) electrons. The molecule has 1 unspecified atom stereocenters. The summed E-state index contributed by atoms with van der Waals surface area (Å²) >= 11 is 0. The number of hydrogen-bond acceptors (Lipinski definition) is 6. The van der Waals surface area contributed by atoms with Crippen LogP contribution in [0.25, 0.3) is 0 Å². The van der Waals surface area contributed by atoms with Gasteiger partial charge in [-0.1, -0.05) is 6.07 Å². The monoisotopic (exact) mass is 297 g/mol. The quantitative estimate of drug-likeness (QED) is 0.561. The standard InChI is InChI=1S/C14H23N3O4/c1-5-21-12-8-6-7-11(13(12)17(19)20)15-9-14(2,18)10-16(3)4/h6-8,15,18H,5,9-10H2,1-4H3. The van der Waals surface area contributed by atoms with Crippen LogP contribution in [0.3, 0.4) is 0 Å². The van der Waals surface area contributed by atoms with Gasteiger partial charge in [0, 0.05) is 13.1 Å². The molecule has 21 heavy (non-hydrogen) atoms. The lowest BCUT2D eigenvalue weighted by atomic mass is 10.1. The van der Waals surface area contributed by atoms with Crippen molar-refractivity contribution in [2.24, 2.45) is 0 Å². The van der Waals surface area contributed by atoms with Crippen molar-refractivity contribution < 1.29 is 14.8 Å². The summed E-state index contributed by atoms with van der Waals surface area (Å²) in [7, 11) is 3.71. The molecule has 1 atom stereocenters. The number of nitro groups is 1. The van der Waals surface area contributed by atoms with Gasteiger partial charge in [0.1, 0.15) is 5.69 Å². The van der Waals surface area contributed by atoms with Gasteiger partial charge >= 0.3 is 5.69 Å². The molecule has 0 aromatic heterocycles. The fourth-order valence-corrected chi connectivity index (χ4v) is 2.15. The summed E-state index contributed by atoms with van der Waals surface area (Å²) in [6.07, 6.45) is 0. The number of anilines is 1. The number of likely N-dealkylation sites (N-methyl/N-ethyl adjacent to an activating group) is 1. The van der Waals surface area contributed by atoms with Crippen LogP contribution in [-0.2, 0) is 0 Å². The minimum absolute atomic E-state index is 0.111. The Labute approximate surface area is 124 Å². The highest BCUT2D eigenvalue weighted by atomic mass is 16.6. The van der Waals surface area contributed by atoms with Crippen molar-refractivity contribution in [2.75, 3.05) is 39.1 Å². The minimum Gasteiger partial charge on any atom is -0.487 e. The number of para-hydroxylation sites is 1. The minimum atomic E-state index is -1.00. The van der Waals surface area contributed by atoms with Crippen molar-refractivity contribution in [3.8, 4) is 5.75 Å². The highest BCUT2D eigenvalue weighted by molar-refractivity contribution is 5.68. The third-order valence-electron chi connectivity index (χ3n) is 2.80. The summed E-state index contributed by atoms with van der Waals surface area (Å²) < 4.78 is 5.28. The van der Waals surface area contributed by atoms with Gasteiger partial charge in [-0.3, -0.25) is 10.1 Å². The second kappa shape index (κ2) is 7.24. The first-order chi connectivity index (χ1) is 9.76. The topological polar surface area (TPSA) is 87.9 Å². The van der Waals surface area contributed by atoms with Gasteiger partial charge in [-0.05, 0) is 40.1 Å². The zero-order valence-electron chi connectivity index (χ0n) is 12.9. The number of benzene rings is 1.